The Morgan fingerprint density at radius 1 is 1.79 bits per heavy atom. The lowest BCUT2D eigenvalue weighted by Gasteiger charge is -1.97. The van der Waals surface area contributed by atoms with Gasteiger partial charge in [0.2, 0.25) is 5.27 Å². The van der Waals surface area contributed by atoms with Crippen LogP contribution < -0.4 is 9.79 Å². The van der Waals surface area contributed by atoms with Crippen LogP contribution in [0.2, 0.25) is 0 Å². The van der Waals surface area contributed by atoms with Gasteiger partial charge < -0.3 is 5.11 Å². The molecule has 1 aromatic rings. The third-order valence-electron chi connectivity index (χ3n) is 2.02. The molecule has 0 atom stereocenters. The van der Waals surface area contributed by atoms with Crippen molar-refractivity contribution in [2.24, 2.45) is 4.99 Å². The van der Waals surface area contributed by atoms with Gasteiger partial charge in [0.05, 0.1) is 0 Å². The highest BCUT2D eigenvalue weighted by molar-refractivity contribution is 6.17. The molecule has 1 heterocycles. The van der Waals surface area contributed by atoms with Crippen LogP contribution in [0.3, 0.4) is 0 Å². The first-order valence-corrected chi connectivity index (χ1v) is 4.94. The molecule has 1 saturated carbocycles. The number of rotatable bonds is 3. The van der Waals surface area contributed by atoms with Gasteiger partial charge in [0.15, 0.2) is 6.04 Å². The van der Waals surface area contributed by atoms with E-state index in [2.05, 4.69) is 10.3 Å². The van der Waals surface area contributed by atoms with Crippen LogP contribution >= 0.6 is 11.6 Å². The van der Waals surface area contributed by atoms with E-state index in [9.17, 15) is 5.11 Å². The van der Waals surface area contributed by atoms with Gasteiger partial charge in [-0.15, -0.1) is 11.6 Å². The van der Waals surface area contributed by atoms with Gasteiger partial charge in [0.25, 0.3) is 5.69 Å². The van der Waals surface area contributed by atoms with Gasteiger partial charge in [-0.3, -0.25) is 4.52 Å². The molecule has 14 heavy (non-hydrogen) atoms. The second-order valence-electron chi connectivity index (χ2n) is 3.26. The predicted molar refractivity (Wildman–Crippen MR) is 47.3 cm³/mol. The number of nitrogens with zero attached hydrogens (tertiary/aromatic N) is 3. The van der Waals surface area contributed by atoms with Crippen LogP contribution in [0.5, 0.6) is 0 Å². The molecule has 0 amide bonds. The lowest BCUT2D eigenvalue weighted by molar-refractivity contribution is -0.770. The van der Waals surface area contributed by atoms with Gasteiger partial charge in [-0.1, -0.05) is 0 Å². The van der Waals surface area contributed by atoms with E-state index < -0.39 is 0 Å². The number of aromatic nitrogens is 2. The summed E-state index contributed by atoms with van der Waals surface area (Å²) in [5.41, 5.74) is 0.685. The van der Waals surface area contributed by atoms with Crippen molar-refractivity contribution in [2.75, 3.05) is 0 Å². The molecule has 0 N–H and O–H groups in total. The Morgan fingerprint density at radius 3 is 3.00 bits per heavy atom. The monoisotopic (exact) mass is 215 g/mol. The first-order chi connectivity index (χ1) is 6.72. The Bertz CT molecular complexity index is 367. The molecule has 1 aromatic heterocycles. The maximum Gasteiger partial charge on any atom is 0.325 e. The van der Waals surface area contributed by atoms with Crippen LogP contribution in [-0.4, -0.2) is 11.2 Å². The smallest absolute Gasteiger partial charge is 0.325 e. The van der Waals surface area contributed by atoms with Gasteiger partial charge in [-0.25, -0.2) is 4.99 Å². The Kier molecular flexibility index (Phi) is 2.41. The summed E-state index contributed by atoms with van der Waals surface area (Å²) in [6.45, 7) is 1.36. The van der Waals surface area contributed by atoms with E-state index in [1.165, 1.54) is 6.92 Å². The van der Waals surface area contributed by atoms with E-state index >= 15 is 0 Å². The molecular formula is C8H10ClN3O2. The number of halogens is 1. The normalized spacial score (nSPS) is 17.4. The second-order valence-corrected chi connectivity index (χ2v) is 3.53. The van der Waals surface area contributed by atoms with Crippen molar-refractivity contribution in [1.29, 1.82) is 0 Å². The molecule has 0 aromatic carbocycles. The van der Waals surface area contributed by atoms with Crippen LogP contribution in [0, 0.1) is 0 Å². The zero-order valence-corrected chi connectivity index (χ0v) is 8.49. The van der Waals surface area contributed by atoms with Gasteiger partial charge >= 0.3 is 5.88 Å². The summed E-state index contributed by atoms with van der Waals surface area (Å²) < 4.78 is 6.66. The molecule has 0 radical (unpaired) electrons. The highest BCUT2D eigenvalue weighted by atomic mass is 35.5. The summed E-state index contributed by atoms with van der Waals surface area (Å²) in [5.74, 6) is 0.182. The van der Waals surface area contributed by atoms with Crippen molar-refractivity contribution < 1.29 is 14.3 Å². The van der Waals surface area contributed by atoms with E-state index in [-0.39, 0.29) is 17.7 Å². The SMILES string of the molecule is C/C([O-])=N/c1on[n+](C2CC2)c1CCl. The van der Waals surface area contributed by atoms with Crippen LogP contribution in [-0.2, 0) is 5.88 Å². The third kappa shape index (κ3) is 1.72. The van der Waals surface area contributed by atoms with Crippen LogP contribution in [0.4, 0.5) is 5.88 Å². The topological polar surface area (TPSA) is 65.3 Å². The Balaban J connectivity index is 2.35. The minimum Gasteiger partial charge on any atom is -0.862 e. The fraction of sp³-hybridized carbons (Fsp3) is 0.625. The summed E-state index contributed by atoms with van der Waals surface area (Å²) in [6.07, 6.45) is 2.17. The maximum atomic E-state index is 10.8. The molecule has 5 nitrogen and oxygen atoms in total. The molecule has 0 spiro atoms. The number of aliphatic imine (C=N–C) groups is 1. The molecule has 2 rings (SSSR count). The molecule has 76 valence electrons. The molecule has 6 heteroatoms. The standard InChI is InChI=1S/C8H10ClN3O2/c1-5(13)10-8-7(4-9)12(11-14-8)6-2-3-6/h6H,2-4H2,1H3. The number of alkyl halides is 1. The van der Waals surface area contributed by atoms with Crippen molar-refractivity contribution in [2.45, 2.75) is 31.7 Å². The van der Waals surface area contributed by atoms with Crippen molar-refractivity contribution in [3.05, 3.63) is 5.69 Å². The highest BCUT2D eigenvalue weighted by Crippen LogP contribution is 2.31. The summed E-state index contributed by atoms with van der Waals surface area (Å²) in [4.78, 5) is 3.69. The lowest BCUT2D eigenvalue weighted by Crippen LogP contribution is -2.37. The summed E-state index contributed by atoms with van der Waals surface area (Å²) in [5, 5.41) is 14.6. The van der Waals surface area contributed by atoms with Gasteiger partial charge in [-0.2, -0.15) is 0 Å². The lowest BCUT2D eigenvalue weighted by atomic mass is 10.4. The van der Waals surface area contributed by atoms with E-state index in [0.29, 0.717) is 11.7 Å². The predicted octanol–water partition coefficient (Wildman–Crippen LogP) is 0.446. The average molecular weight is 216 g/mol. The average Bonchev–Trinajstić information content (AvgIpc) is 2.88. The van der Waals surface area contributed by atoms with Gasteiger partial charge in [0.1, 0.15) is 5.88 Å². The van der Waals surface area contributed by atoms with E-state index in [4.69, 9.17) is 16.1 Å². The number of hydrogen-bond acceptors (Lipinski definition) is 4. The maximum absolute atomic E-state index is 10.8. The Hall–Kier alpha value is -1.10. The molecule has 0 bridgehead atoms. The van der Waals surface area contributed by atoms with Crippen molar-refractivity contribution in [3.8, 4) is 0 Å². The zero-order valence-electron chi connectivity index (χ0n) is 7.73. The van der Waals surface area contributed by atoms with E-state index in [0.717, 1.165) is 12.8 Å². The van der Waals surface area contributed by atoms with E-state index in [1.54, 1.807) is 4.68 Å². The summed E-state index contributed by atoms with van der Waals surface area (Å²) in [6, 6.07) is 0.378. The fourth-order valence-electron chi connectivity index (χ4n) is 1.24. The first-order valence-electron chi connectivity index (χ1n) is 4.41. The fourth-order valence-corrected chi connectivity index (χ4v) is 1.47. The van der Waals surface area contributed by atoms with Crippen LogP contribution in [0.25, 0.3) is 0 Å². The molecular weight excluding hydrogens is 206 g/mol. The second kappa shape index (κ2) is 3.57. The number of hydrogen-bond donors (Lipinski definition) is 0. The quantitative estimate of drug-likeness (QED) is 0.318. The Labute approximate surface area is 86.0 Å². The Morgan fingerprint density at radius 2 is 2.50 bits per heavy atom. The minimum absolute atomic E-state index is 0.236. The molecule has 1 aliphatic rings. The highest BCUT2D eigenvalue weighted by Gasteiger charge is 2.39. The van der Waals surface area contributed by atoms with Crippen LogP contribution in [0.15, 0.2) is 9.52 Å². The van der Waals surface area contributed by atoms with E-state index in [1.807, 2.05) is 0 Å². The van der Waals surface area contributed by atoms with Crippen molar-refractivity contribution in [1.82, 2.24) is 5.27 Å². The molecule has 1 fully saturated rings. The molecule has 0 aliphatic heterocycles. The van der Waals surface area contributed by atoms with Gasteiger partial charge in [0, 0.05) is 12.8 Å². The molecule has 0 unspecified atom stereocenters. The largest absolute Gasteiger partial charge is 0.862 e. The zero-order chi connectivity index (χ0) is 10.1. The molecule has 1 aliphatic carbocycles. The third-order valence-corrected chi connectivity index (χ3v) is 2.27. The minimum atomic E-state index is -0.310. The van der Waals surface area contributed by atoms with Crippen molar-refractivity contribution in [3.63, 3.8) is 0 Å². The summed E-state index contributed by atoms with van der Waals surface area (Å²) >= 11 is 5.74. The van der Waals surface area contributed by atoms with Crippen molar-refractivity contribution >= 4 is 23.4 Å². The first kappa shape index (κ1) is 9.45. The van der Waals surface area contributed by atoms with Gasteiger partial charge in [-0.05, 0) is 17.5 Å². The molecule has 0 saturated heterocycles. The summed E-state index contributed by atoms with van der Waals surface area (Å²) in [7, 11) is 0. The van der Waals surface area contributed by atoms with Crippen LogP contribution in [0.1, 0.15) is 31.5 Å².